The molecule has 108 valence electrons. The SMILES string of the molecule is CC(C)(C#N)CCCCS(=O)c1ccc2c(c1)CCC2. The minimum atomic E-state index is -0.889. The Hall–Kier alpha value is -1.14. The van der Waals surface area contributed by atoms with Crippen LogP contribution in [0.25, 0.3) is 0 Å². The number of nitriles is 1. The normalized spacial score (nSPS) is 15.7. The zero-order valence-electron chi connectivity index (χ0n) is 12.4. The minimum Gasteiger partial charge on any atom is -0.254 e. The second-order valence-corrected chi connectivity index (χ2v) is 7.86. The van der Waals surface area contributed by atoms with Gasteiger partial charge in [0, 0.05) is 10.6 Å². The highest BCUT2D eigenvalue weighted by Crippen LogP contribution is 2.25. The molecule has 1 aliphatic rings. The maximum Gasteiger partial charge on any atom is 0.0683 e. The first-order chi connectivity index (χ1) is 9.52. The first-order valence-electron chi connectivity index (χ1n) is 7.43. The van der Waals surface area contributed by atoms with Gasteiger partial charge in [-0.05, 0) is 69.2 Å². The van der Waals surface area contributed by atoms with Crippen molar-refractivity contribution in [2.24, 2.45) is 5.41 Å². The second kappa shape index (κ2) is 6.54. The van der Waals surface area contributed by atoms with Crippen LogP contribution in [-0.4, -0.2) is 9.96 Å². The lowest BCUT2D eigenvalue weighted by atomic mass is 9.89. The lowest BCUT2D eigenvalue weighted by Gasteiger charge is -2.14. The van der Waals surface area contributed by atoms with Crippen LogP contribution in [-0.2, 0) is 23.6 Å². The maximum absolute atomic E-state index is 12.3. The van der Waals surface area contributed by atoms with Crippen LogP contribution in [0.2, 0.25) is 0 Å². The third-order valence-electron chi connectivity index (χ3n) is 4.02. The molecule has 2 nitrogen and oxygen atoms in total. The monoisotopic (exact) mass is 289 g/mol. The first-order valence-corrected chi connectivity index (χ1v) is 8.75. The summed E-state index contributed by atoms with van der Waals surface area (Å²) in [7, 11) is -0.889. The number of unbranched alkanes of at least 4 members (excludes halogenated alkanes) is 1. The zero-order chi connectivity index (χ0) is 14.6. The van der Waals surface area contributed by atoms with Crippen LogP contribution < -0.4 is 0 Å². The fourth-order valence-corrected chi connectivity index (χ4v) is 3.86. The molecule has 0 saturated carbocycles. The quantitative estimate of drug-likeness (QED) is 0.743. The molecule has 0 bridgehead atoms. The molecular weight excluding hydrogens is 266 g/mol. The highest BCUT2D eigenvalue weighted by atomic mass is 32.2. The summed E-state index contributed by atoms with van der Waals surface area (Å²) in [5.74, 6) is 0.709. The molecule has 0 amide bonds. The van der Waals surface area contributed by atoms with E-state index in [1.807, 2.05) is 19.9 Å². The molecule has 1 aromatic carbocycles. The van der Waals surface area contributed by atoms with Gasteiger partial charge in [-0.1, -0.05) is 12.5 Å². The van der Waals surface area contributed by atoms with Gasteiger partial charge >= 0.3 is 0 Å². The number of nitrogens with zero attached hydrogens (tertiary/aromatic N) is 1. The van der Waals surface area contributed by atoms with Crippen LogP contribution in [0.15, 0.2) is 23.1 Å². The number of hydrogen-bond acceptors (Lipinski definition) is 2. The van der Waals surface area contributed by atoms with E-state index < -0.39 is 10.8 Å². The van der Waals surface area contributed by atoms with E-state index in [1.54, 1.807) is 0 Å². The largest absolute Gasteiger partial charge is 0.254 e. The van der Waals surface area contributed by atoms with E-state index in [9.17, 15) is 4.21 Å². The summed E-state index contributed by atoms with van der Waals surface area (Å²) < 4.78 is 12.3. The van der Waals surface area contributed by atoms with Crippen molar-refractivity contribution in [1.82, 2.24) is 0 Å². The Morgan fingerprint density at radius 3 is 2.75 bits per heavy atom. The van der Waals surface area contributed by atoms with Crippen molar-refractivity contribution >= 4 is 10.8 Å². The average molecular weight is 289 g/mol. The highest BCUT2D eigenvalue weighted by molar-refractivity contribution is 7.85. The van der Waals surface area contributed by atoms with Gasteiger partial charge in [0.2, 0.25) is 0 Å². The molecule has 20 heavy (non-hydrogen) atoms. The summed E-state index contributed by atoms with van der Waals surface area (Å²) in [5.41, 5.74) is 2.57. The number of fused-ring (bicyclic) bond motifs is 1. The maximum atomic E-state index is 12.3. The number of rotatable bonds is 6. The van der Waals surface area contributed by atoms with E-state index >= 15 is 0 Å². The van der Waals surface area contributed by atoms with Crippen LogP contribution in [0.4, 0.5) is 0 Å². The van der Waals surface area contributed by atoms with Crippen LogP contribution in [0.5, 0.6) is 0 Å². The molecule has 0 saturated heterocycles. The van der Waals surface area contributed by atoms with Gasteiger partial charge in [-0.15, -0.1) is 0 Å². The third-order valence-corrected chi connectivity index (χ3v) is 5.46. The van der Waals surface area contributed by atoms with Gasteiger partial charge in [0.1, 0.15) is 0 Å². The topological polar surface area (TPSA) is 40.9 Å². The van der Waals surface area contributed by atoms with Crippen molar-refractivity contribution in [2.45, 2.75) is 57.3 Å². The molecule has 1 unspecified atom stereocenters. The van der Waals surface area contributed by atoms with E-state index in [0.717, 1.165) is 30.6 Å². The zero-order valence-corrected chi connectivity index (χ0v) is 13.3. The van der Waals surface area contributed by atoms with Gasteiger partial charge in [-0.2, -0.15) is 5.26 Å². The summed E-state index contributed by atoms with van der Waals surface area (Å²) >= 11 is 0. The van der Waals surface area contributed by atoms with Crippen LogP contribution in [0.3, 0.4) is 0 Å². The fraction of sp³-hybridized carbons (Fsp3) is 0.588. The van der Waals surface area contributed by atoms with Crippen LogP contribution >= 0.6 is 0 Å². The summed E-state index contributed by atoms with van der Waals surface area (Å²) in [6, 6.07) is 8.62. The molecular formula is C17H23NOS. The lowest BCUT2D eigenvalue weighted by Crippen LogP contribution is -2.08. The Morgan fingerprint density at radius 1 is 1.25 bits per heavy atom. The molecule has 3 heteroatoms. The number of aryl methyl sites for hydroxylation is 2. The van der Waals surface area contributed by atoms with E-state index in [-0.39, 0.29) is 5.41 Å². The molecule has 1 atom stereocenters. The molecule has 0 heterocycles. The van der Waals surface area contributed by atoms with Crippen molar-refractivity contribution in [3.63, 3.8) is 0 Å². The van der Waals surface area contributed by atoms with E-state index in [2.05, 4.69) is 18.2 Å². The molecule has 0 aliphatic heterocycles. The minimum absolute atomic E-state index is 0.255. The van der Waals surface area contributed by atoms with Gasteiger partial charge in [0.05, 0.1) is 22.3 Å². The lowest BCUT2D eigenvalue weighted by molar-refractivity contribution is 0.432. The Labute approximate surface area is 124 Å². The molecule has 0 N–H and O–H groups in total. The summed E-state index contributed by atoms with van der Waals surface area (Å²) in [5, 5.41) is 8.96. The highest BCUT2D eigenvalue weighted by Gasteiger charge is 2.16. The Kier molecular flexibility index (Phi) is 4.99. The molecule has 0 aromatic heterocycles. The average Bonchev–Trinajstić information content (AvgIpc) is 2.90. The van der Waals surface area contributed by atoms with Gasteiger partial charge in [0.25, 0.3) is 0 Å². The first kappa shape index (κ1) is 15.3. The summed E-state index contributed by atoms with van der Waals surface area (Å²) in [6.45, 7) is 3.93. The second-order valence-electron chi connectivity index (χ2n) is 6.29. The molecule has 2 rings (SSSR count). The van der Waals surface area contributed by atoms with Crippen molar-refractivity contribution in [1.29, 1.82) is 5.26 Å². The van der Waals surface area contributed by atoms with E-state index in [4.69, 9.17) is 5.26 Å². The Morgan fingerprint density at radius 2 is 2.00 bits per heavy atom. The molecule has 0 fully saturated rings. The standard InChI is InChI=1S/C17H23NOS/c1-17(2,13-18)10-3-4-11-20(19)16-9-8-14-6-5-7-15(14)12-16/h8-9,12H,3-7,10-11H2,1-2H3. The Bertz CT molecular complexity index is 542. The molecule has 0 radical (unpaired) electrons. The van der Waals surface area contributed by atoms with Gasteiger partial charge < -0.3 is 0 Å². The van der Waals surface area contributed by atoms with E-state index in [1.165, 1.54) is 24.0 Å². The van der Waals surface area contributed by atoms with Gasteiger partial charge in [-0.25, -0.2) is 0 Å². The van der Waals surface area contributed by atoms with Crippen LogP contribution in [0.1, 0.15) is 50.7 Å². The van der Waals surface area contributed by atoms with E-state index in [0.29, 0.717) is 5.75 Å². The number of hydrogen-bond donors (Lipinski definition) is 0. The van der Waals surface area contributed by atoms with Crippen molar-refractivity contribution < 1.29 is 4.21 Å². The summed E-state index contributed by atoms with van der Waals surface area (Å²) in [4.78, 5) is 0.977. The van der Waals surface area contributed by atoms with Crippen LogP contribution in [0, 0.1) is 16.7 Å². The predicted octanol–water partition coefficient (Wildman–Crippen LogP) is 4.00. The molecule has 1 aromatic rings. The number of benzene rings is 1. The van der Waals surface area contributed by atoms with Crippen molar-refractivity contribution in [3.05, 3.63) is 29.3 Å². The Balaban J connectivity index is 1.82. The smallest absolute Gasteiger partial charge is 0.0683 e. The van der Waals surface area contributed by atoms with Gasteiger partial charge in [-0.3, -0.25) is 4.21 Å². The molecule has 0 spiro atoms. The molecule has 1 aliphatic carbocycles. The predicted molar refractivity (Wildman–Crippen MR) is 83.0 cm³/mol. The van der Waals surface area contributed by atoms with Crippen molar-refractivity contribution in [3.8, 4) is 6.07 Å². The fourth-order valence-electron chi connectivity index (χ4n) is 2.66. The summed E-state index contributed by atoms with van der Waals surface area (Å²) in [6.07, 6.45) is 6.31. The van der Waals surface area contributed by atoms with Crippen molar-refractivity contribution in [2.75, 3.05) is 5.75 Å². The van der Waals surface area contributed by atoms with Gasteiger partial charge in [0.15, 0.2) is 0 Å². The third kappa shape index (κ3) is 3.93.